The van der Waals surface area contributed by atoms with Gasteiger partial charge in [0.05, 0.1) is 26.9 Å². The number of aromatic hydroxyl groups is 2. The number of phenols is 2. The van der Waals surface area contributed by atoms with E-state index in [2.05, 4.69) is 0 Å². The molecule has 2 aromatic carbocycles. The fourth-order valence-corrected chi connectivity index (χ4v) is 2.67. The van der Waals surface area contributed by atoms with Crippen LogP contribution in [0.25, 0.3) is 0 Å². The van der Waals surface area contributed by atoms with Gasteiger partial charge in [0.25, 0.3) is 0 Å². The summed E-state index contributed by atoms with van der Waals surface area (Å²) >= 11 is 6.04. The van der Waals surface area contributed by atoms with Crippen molar-refractivity contribution in [2.75, 3.05) is 21.3 Å². The molecule has 0 unspecified atom stereocenters. The second kappa shape index (κ2) is 6.88. The third-order valence-corrected chi connectivity index (χ3v) is 3.93. The van der Waals surface area contributed by atoms with Crippen LogP contribution in [0.4, 0.5) is 0 Å². The highest BCUT2D eigenvalue weighted by atomic mass is 35.5. The average molecular weight is 353 g/mol. The Labute approximate surface area is 144 Å². The Hall–Kier alpha value is -2.60. The number of aryl methyl sites for hydroxylation is 1. The molecule has 24 heavy (non-hydrogen) atoms. The van der Waals surface area contributed by atoms with Crippen LogP contribution >= 0.6 is 11.6 Å². The predicted molar refractivity (Wildman–Crippen MR) is 89.0 cm³/mol. The van der Waals surface area contributed by atoms with Crippen molar-refractivity contribution in [3.63, 3.8) is 0 Å². The molecule has 0 aromatic heterocycles. The maximum atomic E-state index is 13.0. The first-order valence-corrected chi connectivity index (χ1v) is 7.29. The van der Waals surface area contributed by atoms with Crippen molar-refractivity contribution in [1.82, 2.24) is 0 Å². The number of ether oxygens (including phenoxy) is 3. The number of hydrogen-bond donors (Lipinski definition) is 2. The molecular weight excluding hydrogens is 336 g/mol. The van der Waals surface area contributed by atoms with Crippen LogP contribution in [0.3, 0.4) is 0 Å². The molecule has 7 heteroatoms. The first-order chi connectivity index (χ1) is 11.3. The Kier molecular flexibility index (Phi) is 5.09. The van der Waals surface area contributed by atoms with Crippen molar-refractivity contribution < 1.29 is 29.2 Å². The van der Waals surface area contributed by atoms with Crippen LogP contribution in [0.5, 0.6) is 28.7 Å². The third kappa shape index (κ3) is 2.92. The highest BCUT2D eigenvalue weighted by Crippen LogP contribution is 2.44. The smallest absolute Gasteiger partial charge is 0.204 e. The van der Waals surface area contributed by atoms with Crippen LogP contribution in [0.2, 0.25) is 5.02 Å². The summed E-state index contributed by atoms with van der Waals surface area (Å²) in [5.74, 6) is -0.586. The van der Waals surface area contributed by atoms with Gasteiger partial charge in [0.15, 0.2) is 5.75 Å². The lowest BCUT2D eigenvalue weighted by molar-refractivity contribution is 0.103. The standard InChI is InChI=1S/C17H17ClO6/c1-8-5-9(19)6-10(22-2)13(8)16(20)14-11(23-3)7-12(24-4)15(18)17(14)21/h5-7,19,21H,1-4H3. The number of hydrogen-bond acceptors (Lipinski definition) is 6. The summed E-state index contributed by atoms with van der Waals surface area (Å²) in [4.78, 5) is 13.0. The van der Waals surface area contributed by atoms with E-state index in [-0.39, 0.29) is 39.1 Å². The van der Waals surface area contributed by atoms with Gasteiger partial charge in [0.2, 0.25) is 5.78 Å². The molecule has 0 saturated heterocycles. The number of rotatable bonds is 5. The second-order valence-electron chi connectivity index (χ2n) is 4.99. The Morgan fingerprint density at radius 1 is 0.917 bits per heavy atom. The number of benzene rings is 2. The number of halogens is 1. The molecule has 0 aliphatic heterocycles. The molecule has 0 spiro atoms. The van der Waals surface area contributed by atoms with E-state index in [4.69, 9.17) is 25.8 Å². The van der Waals surface area contributed by atoms with Crippen molar-refractivity contribution in [3.05, 3.63) is 39.9 Å². The van der Waals surface area contributed by atoms with Crippen LogP contribution in [0.15, 0.2) is 18.2 Å². The fraction of sp³-hybridized carbons (Fsp3) is 0.235. The van der Waals surface area contributed by atoms with Crippen molar-refractivity contribution in [2.24, 2.45) is 0 Å². The summed E-state index contributed by atoms with van der Waals surface area (Å²) in [7, 11) is 4.12. The molecule has 128 valence electrons. The van der Waals surface area contributed by atoms with Crippen molar-refractivity contribution >= 4 is 17.4 Å². The summed E-state index contributed by atoms with van der Waals surface area (Å²) < 4.78 is 15.4. The fourth-order valence-electron chi connectivity index (χ4n) is 2.44. The van der Waals surface area contributed by atoms with Crippen LogP contribution in [0.1, 0.15) is 21.5 Å². The zero-order valence-electron chi connectivity index (χ0n) is 13.6. The van der Waals surface area contributed by atoms with E-state index in [9.17, 15) is 15.0 Å². The Bertz CT molecular complexity index is 800. The number of methoxy groups -OCH3 is 3. The molecule has 0 atom stereocenters. The van der Waals surface area contributed by atoms with Crippen LogP contribution < -0.4 is 14.2 Å². The maximum Gasteiger partial charge on any atom is 0.204 e. The van der Waals surface area contributed by atoms with E-state index in [1.807, 2.05) is 0 Å². The number of carbonyl (C=O) groups excluding carboxylic acids is 1. The topological polar surface area (TPSA) is 85.2 Å². The van der Waals surface area contributed by atoms with E-state index in [0.717, 1.165) is 0 Å². The van der Waals surface area contributed by atoms with Gasteiger partial charge in [-0.3, -0.25) is 4.79 Å². The van der Waals surface area contributed by atoms with Gasteiger partial charge < -0.3 is 24.4 Å². The minimum atomic E-state index is -0.553. The summed E-state index contributed by atoms with van der Waals surface area (Å²) in [5, 5.41) is 19.9. The van der Waals surface area contributed by atoms with Crippen LogP contribution in [-0.2, 0) is 0 Å². The van der Waals surface area contributed by atoms with E-state index in [1.54, 1.807) is 6.92 Å². The summed E-state index contributed by atoms with van der Waals surface area (Å²) in [5.41, 5.74) is 0.547. The lowest BCUT2D eigenvalue weighted by Crippen LogP contribution is -2.09. The SMILES string of the molecule is COc1cc(OC)c(C(=O)c2c(C)cc(O)cc2OC)c(O)c1Cl. The van der Waals surface area contributed by atoms with Crippen LogP contribution in [0, 0.1) is 6.92 Å². The van der Waals surface area contributed by atoms with Crippen LogP contribution in [-0.4, -0.2) is 37.3 Å². The average Bonchev–Trinajstić information content (AvgIpc) is 2.55. The van der Waals surface area contributed by atoms with Crippen molar-refractivity contribution in [1.29, 1.82) is 0 Å². The lowest BCUT2D eigenvalue weighted by atomic mass is 9.96. The Balaban J connectivity index is 2.74. The minimum Gasteiger partial charge on any atom is -0.508 e. The molecule has 0 radical (unpaired) electrons. The summed E-state index contributed by atoms with van der Waals surface area (Å²) in [6.45, 7) is 1.64. The quantitative estimate of drug-likeness (QED) is 0.803. The summed E-state index contributed by atoms with van der Waals surface area (Å²) in [6, 6.07) is 4.15. The number of carbonyl (C=O) groups is 1. The molecule has 0 heterocycles. The summed E-state index contributed by atoms with van der Waals surface area (Å²) in [6.07, 6.45) is 0. The first-order valence-electron chi connectivity index (χ1n) is 6.91. The zero-order valence-corrected chi connectivity index (χ0v) is 14.4. The predicted octanol–water partition coefficient (Wildman–Crippen LogP) is 3.32. The molecule has 0 saturated carbocycles. The minimum absolute atomic E-state index is 0.0372. The normalized spacial score (nSPS) is 10.4. The molecule has 0 aliphatic carbocycles. The van der Waals surface area contributed by atoms with E-state index < -0.39 is 11.5 Å². The Morgan fingerprint density at radius 2 is 1.46 bits per heavy atom. The van der Waals surface area contributed by atoms with Gasteiger partial charge in [-0.15, -0.1) is 0 Å². The third-order valence-electron chi connectivity index (χ3n) is 3.57. The molecule has 0 bridgehead atoms. The second-order valence-corrected chi connectivity index (χ2v) is 5.37. The molecule has 2 rings (SSSR count). The monoisotopic (exact) mass is 352 g/mol. The Morgan fingerprint density at radius 3 is 2.00 bits per heavy atom. The molecule has 6 nitrogen and oxygen atoms in total. The lowest BCUT2D eigenvalue weighted by Gasteiger charge is -2.16. The number of ketones is 1. The highest BCUT2D eigenvalue weighted by Gasteiger charge is 2.28. The maximum absolute atomic E-state index is 13.0. The molecule has 2 N–H and O–H groups in total. The van der Waals surface area contributed by atoms with E-state index >= 15 is 0 Å². The molecule has 0 amide bonds. The van der Waals surface area contributed by atoms with Gasteiger partial charge in [-0.05, 0) is 18.6 Å². The largest absolute Gasteiger partial charge is 0.508 e. The van der Waals surface area contributed by atoms with Gasteiger partial charge in [-0.2, -0.15) is 0 Å². The highest BCUT2D eigenvalue weighted by molar-refractivity contribution is 6.34. The van der Waals surface area contributed by atoms with Gasteiger partial charge >= 0.3 is 0 Å². The number of phenolic OH excluding ortho intramolecular Hbond substituents is 2. The molecule has 0 aliphatic rings. The van der Waals surface area contributed by atoms with E-state index in [0.29, 0.717) is 5.56 Å². The molecule has 0 fully saturated rings. The van der Waals surface area contributed by atoms with Gasteiger partial charge in [-0.1, -0.05) is 11.6 Å². The van der Waals surface area contributed by atoms with Gasteiger partial charge in [0.1, 0.15) is 33.6 Å². The van der Waals surface area contributed by atoms with Crippen molar-refractivity contribution in [3.8, 4) is 28.7 Å². The van der Waals surface area contributed by atoms with Gasteiger partial charge in [0, 0.05) is 12.1 Å². The first kappa shape index (κ1) is 17.7. The van der Waals surface area contributed by atoms with Gasteiger partial charge in [-0.25, -0.2) is 0 Å². The zero-order chi connectivity index (χ0) is 18.0. The molecule has 2 aromatic rings. The van der Waals surface area contributed by atoms with Crippen molar-refractivity contribution in [2.45, 2.75) is 6.92 Å². The van der Waals surface area contributed by atoms with E-state index in [1.165, 1.54) is 39.5 Å². The molecular formula is C17H17ClO6.